The summed E-state index contributed by atoms with van der Waals surface area (Å²) in [5, 5.41) is 11.1. The SMILES string of the molecule is COCCCNC(=S)Nc1ccn(C(C)C)n1. The smallest absolute Gasteiger partial charge is 0.171 e. The number of hydrogen-bond acceptors (Lipinski definition) is 3. The summed E-state index contributed by atoms with van der Waals surface area (Å²) in [5.74, 6) is 0.767. The molecule has 0 atom stereocenters. The molecule has 0 aliphatic carbocycles. The summed E-state index contributed by atoms with van der Waals surface area (Å²) >= 11 is 5.15. The monoisotopic (exact) mass is 256 g/mol. The van der Waals surface area contributed by atoms with E-state index in [1.54, 1.807) is 7.11 Å². The normalized spacial score (nSPS) is 10.6. The Hall–Kier alpha value is -1.14. The van der Waals surface area contributed by atoms with Crippen LogP contribution in [-0.2, 0) is 4.74 Å². The number of aromatic nitrogens is 2. The molecule has 0 saturated heterocycles. The molecule has 2 N–H and O–H groups in total. The van der Waals surface area contributed by atoms with Crippen molar-refractivity contribution in [3.63, 3.8) is 0 Å². The maximum atomic E-state index is 5.15. The lowest BCUT2D eigenvalue weighted by atomic mass is 10.4. The fourth-order valence-electron chi connectivity index (χ4n) is 1.27. The van der Waals surface area contributed by atoms with Crippen molar-refractivity contribution >= 4 is 23.1 Å². The van der Waals surface area contributed by atoms with Crippen molar-refractivity contribution in [2.24, 2.45) is 0 Å². The van der Waals surface area contributed by atoms with E-state index in [2.05, 4.69) is 29.6 Å². The van der Waals surface area contributed by atoms with Gasteiger partial charge in [0, 0.05) is 38.6 Å². The second kappa shape index (κ2) is 7.24. The summed E-state index contributed by atoms with van der Waals surface area (Å²) in [4.78, 5) is 0. The molecule has 1 aromatic heterocycles. The average Bonchev–Trinajstić information content (AvgIpc) is 2.73. The first kappa shape index (κ1) is 13.9. The van der Waals surface area contributed by atoms with Gasteiger partial charge in [-0.1, -0.05) is 0 Å². The standard InChI is InChI=1S/C11H20N4OS/c1-9(2)15-7-5-10(14-15)13-11(17)12-6-4-8-16-3/h5,7,9H,4,6,8H2,1-3H3,(H2,12,13,14,17). The number of thiocarbonyl (C=S) groups is 1. The molecule has 17 heavy (non-hydrogen) atoms. The fraction of sp³-hybridized carbons (Fsp3) is 0.636. The summed E-state index contributed by atoms with van der Waals surface area (Å²) < 4.78 is 6.84. The van der Waals surface area contributed by atoms with Gasteiger partial charge in [-0.05, 0) is 32.5 Å². The quantitative estimate of drug-likeness (QED) is 0.600. The van der Waals surface area contributed by atoms with Crippen LogP contribution in [-0.4, -0.2) is 35.2 Å². The third kappa shape index (κ3) is 5.14. The Bertz CT molecular complexity index is 351. The highest BCUT2D eigenvalue weighted by Gasteiger charge is 2.03. The van der Waals surface area contributed by atoms with Crippen LogP contribution >= 0.6 is 12.2 Å². The van der Waals surface area contributed by atoms with Gasteiger partial charge < -0.3 is 15.4 Å². The van der Waals surface area contributed by atoms with Gasteiger partial charge >= 0.3 is 0 Å². The maximum absolute atomic E-state index is 5.15. The van der Waals surface area contributed by atoms with Gasteiger partial charge in [0.2, 0.25) is 0 Å². The second-order valence-electron chi connectivity index (χ2n) is 4.00. The first-order valence-corrected chi connectivity index (χ1v) is 6.13. The fourth-order valence-corrected chi connectivity index (χ4v) is 1.48. The van der Waals surface area contributed by atoms with E-state index in [9.17, 15) is 0 Å². The number of rotatable bonds is 6. The van der Waals surface area contributed by atoms with Crippen molar-refractivity contribution in [1.29, 1.82) is 0 Å². The third-order valence-corrected chi connectivity index (χ3v) is 2.44. The summed E-state index contributed by atoms with van der Waals surface area (Å²) in [5.41, 5.74) is 0. The van der Waals surface area contributed by atoms with Crippen molar-refractivity contribution < 1.29 is 4.74 Å². The van der Waals surface area contributed by atoms with E-state index in [1.165, 1.54) is 0 Å². The molecule has 0 unspecified atom stereocenters. The van der Waals surface area contributed by atoms with Crippen LogP contribution in [0.1, 0.15) is 26.3 Å². The minimum absolute atomic E-state index is 0.355. The van der Waals surface area contributed by atoms with Crippen LogP contribution in [0.3, 0.4) is 0 Å². The number of ether oxygens (including phenoxy) is 1. The number of methoxy groups -OCH3 is 1. The van der Waals surface area contributed by atoms with E-state index >= 15 is 0 Å². The maximum Gasteiger partial charge on any atom is 0.171 e. The molecule has 96 valence electrons. The molecule has 0 bridgehead atoms. The van der Waals surface area contributed by atoms with Crippen LogP contribution in [0.4, 0.5) is 5.82 Å². The molecule has 0 spiro atoms. The van der Waals surface area contributed by atoms with E-state index in [-0.39, 0.29) is 0 Å². The Morgan fingerprint density at radius 2 is 2.35 bits per heavy atom. The van der Waals surface area contributed by atoms with Crippen LogP contribution in [0.5, 0.6) is 0 Å². The van der Waals surface area contributed by atoms with Crippen LogP contribution in [0.2, 0.25) is 0 Å². The molecule has 0 aliphatic heterocycles. The van der Waals surface area contributed by atoms with Gasteiger partial charge in [-0.25, -0.2) is 0 Å². The van der Waals surface area contributed by atoms with Crippen molar-refractivity contribution in [2.45, 2.75) is 26.3 Å². The third-order valence-electron chi connectivity index (χ3n) is 2.19. The molecule has 0 radical (unpaired) electrons. The molecule has 6 heteroatoms. The Kier molecular flexibility index (Phi) is 5.93. The molecule has 0 aromatic carbocycles. The van der Waals surface area contributed by atoms with E-state index in [4.69, 9.17) is 17.0 Å². The molecule has 5 nitrogen and oxygen atoms in total. The van der Waals surface area contributed by atoms with Crippen LogP contribution in [0, 0.1) is 0 Å². The number of anilines is 1. The topological polar surface area (TPSA) is 51.1 Å². The number of hydrogen-bond donors (Lipinski definition) is 2. The highest BCUT2D eigenvalue weighted by atomic mass is 32.1. The first-order chi connectivity index (χ1) is 8.13. The lowest BCUT2D eigenvalue weighted by Gasteiger charge is -2.08. The van der Waals surface area contributed by atoms with Gasteiger partial charge in [0.05, 0.1) is 0 Å². The predicted octanol–water partition coefficient (Wildman–Crippen LogP) is 1.79. The van der Waals surface area contributed by atoms with E-state index in [1.807, 2.05) is 16.9 Å². The lowest BCUT2D eigenvalue weighted by molar-refractivity contribution is 0.196. The van der Waals surface area contributed by atoms with E-state index in [0.29, 0.717) is 11.2 Å². The van der Waals surface area contributed by atoms with Crippen molar-refractivity contribution in [2.75, 3.05) is 25.6 Å². The van der Waals surface area contributed by atoms with Gasteiger partial charge in [0.1, 0.15) is 0 Å². The minimum Gasteiger partial charge on any atom is -0.385 e. The van der Waals surface area contributed by atoms with Gasteiger partial charge in [0.25, 0.3) is 0 Å². The molecule has 1 rings (SSSR count). The average molecular weight is 256 g/mol. The molecule has 0 amide bonds. The van der Waals surface area contributed by atoms with E-state index in [0.717, 1.165) is 25.4 Å². The Morgan fingerprint density at radius 1 is 1.59 bits per heavy atom. The number of nitrogens with zero attached hydrogens (tertiary/aromatic N) is 2. The van der Waals surface area contributed by atoms with Gasteiger partial charge in [-0.2, -0.15) is 5.10 Å². The Morgan fingerprint density at radius 3 is 2.94 bits per heavy atom. The summed E-state index contributed by atoms with van der Waals surface area (Å²) in [6, 6.07) is 2.26. The zero-order valence-electron chi connectivity index (χ0n) is 10.6. The Balaban J connectivity index is 2.29. The van der Waals surface area contributed by atoms with Crippen LogP contribution in [0.25, 0.3) is 0 Å². The van der Waals surface area contributed by atoms with Gasteiger partial charge in [-0.15, -0.1) is 0 Å². The van der Waals surface area contributed by atoms with E-state index < -0.39 is 0 Å². The van der Waals surface area contributed by atoms with Gasteiger partial charge in [-0.3, -0.25) is 4.68 Å². The van der Waals surface area contributed by atoms with Gasteiger partial charge in [0.15, 0.2) is 10.9 Å². The minimum atomic E-state index is 0.355. The lowest BCUT2D eigenvalue weighted by Crippen LogP contribution is -2.30. The molecule has 0 saturated carbocycles. The molecular weight excluding hydrogens is 236 g/mol. The molecule has 0 aliphatic rings. The zero-order valence-corrected chi connectivity index (χ0v) is 11.4. The van der Waals surface area contributed by atoms with Crippen molar-refractivity contribution in [3.8, 4) is 0 Å². The highest BCUT2D eigenvalue weighted by Crippen LogP contribution is 2.07. The summed E-state index contributed by atoms with van der Waals surface area (Å²) in [7, 11) is 1.69. The summed E-state index contributed by atoms with van der Waals surface area (Å²) in [6.07, 6.45) is 2.86. The second-order valence-corrected chi connectivity index (χ2v) is 4.41. The largest absolute Gasteiger partial charge is 0.385 e. The zero-order chi connectivity index (χ0) is 12.7. The summed E-state index contributed by atoms with van der Waals surface area (Å²) in [6.45, 7) is 5.69. The highest BCUT2D eigenvalue weighted by molar-refractivity contribution is 7.80. The number of nitrogens with one attached hydrogen (secondary N) is 2. The Labute approximate surface area is 108 Å². The van der Waals surface area contributed by atoms with Crippen LogP contribution in [0.15, 0.2) is 12.3 Å². The molecule has 1 heterocycles. The van der Waals surface area contributed by atoms with Crippen LogP contribution < -0.4 is 10.6 Å². The molecule has 0 fully saturated rings. The molecule has 1 aromatic rings. The molecular formula is C11H20N4OS. The van der Waals surface area contributed by atoms with Crippen molar-refractivity contribution in [1.82, 2.24) is 15.1 Å². The predicted molar refractivity (Wildman–Crippen MR) is 73.3 cm³/mol. The first-order valence-electron chi connectivity index (χ1n) is 5.72. The van der Waals surface area contributed by atoms with Crippen molar-refractivity contribution in [3.05, 3.63) is 12.3 Å².